The van der Waals surface area contributed by atoms with Crippen molar-refractivity contribution in [1.82, 2.24) is 0 Å². The number of aliphatic hydroxyl groups excluding tert-OH is 4. The van der Waals surface area contributed by atoms with Crippen molar-refractivity contribution in [2.45, 2.75) is 46.1 Å². The number of hydrogen-bond acceptors (Lipinski definition) is 8. The molecular formula is C16H36O8. The highest BCUT2D eigenvalue weighted by atomic mass is 16.5. The van der Waals surface area contributed by atoms with Gasteiger partial charge in [-0.05, 0) is 19.8 Å². The molecule has 4 N–H and O–H groups in total. The minimum atomic E-state index is -0.745. The van der Waals surface area contributed by atoms with E-state index in [0.717, 1.165) is 19.4 Å². The van der Waals surface area contributed by atoms with E-state index in [1.54, 1.807) is 0 Å². The van der Waals surface area contributed by atoms with Crippen molar-refractivity contribution >= 4 is 5.97 Å². The topological polar surface area (TPSA) is 126 Å². The average molecular weight is 356 g/mol. The zero-order valence-corrected chi connectivity index (χ0v) is 15.3. The Morgan fingerprint density at radius 2 is 1.58 bits per heavy atom. The van der Waals surface area contributed by atoms with Gasteiger partial charge in [-0.3, -0.25) is 4.79 Å². The van der Waals surface area contributed by atoms with E-state index in [1.807, 2.05) is 6.92 Å². The van der Waals surface area contributed by atoms with Crippen LogP contribution in [0.25, 0.3) is 0 Å². The van der Waals surface area contributed by atoms with Gasteiger partial charge in [0.05, 0.1) is 45.7 Å². The summed E-state index contributed by atoms with van der Waals surface area (Å²) in [5.41, 5.74) is 0. The van der Waals surface area contributed by atoms with Crippen molar-refractivity contribution in [3.05, 3.63) is 0 Å². The molecule has 8 heteroatoms. The van der Waals surface area contributed by atoms with Crippen LogP contribution in [0.3, 0.4) is 0 Å². The molecule has 148 valence electrons. The summed E-state index contributed by atoms with van der Waals surface area (Å²) in [4.78, 5) is 10.1. The summed E-state index contributed by atoms with van der Waals surface area (Å²) in [5, 5.41) is 32.9. The predicted molar refractivity (Wildman–Crippen MR) is 90.7 cm³/mol. The predicted octanol–water partition coefficient (Wildman–Crippen LogP) is 0.103. The van der Waals surface area contributed by atoms with Crippen LogP contribution in [0.5, 0.6) is 0 Å². The Balaban J connectivity index is -0.000000278. The Morgan fingerprint density at radius 3 is 1.96 bits per heavy atom. The van der Waals surface area contributed by atoms with Crippen LogP contribution in [0.1, 0.15) is 40.0 Å². The fourth-order valence-corrected chi connectivity index (χ4v) is 1.03. The van der Waals surface area contributed by atoms with Gasteiger partial charge in [-0.1, -0.05) is 13.3 Å². The van der Waals surface area contributed by atoms with E-state index in [2.05, 4.69) is 11.7 Å². The molecule has 0 radical (unpaired) electrons. The number of carbonyl (C=O) groups excluding carboxylic acids is 1. The highest BCUT2D eigenvalue weighted by Crippen LogP contribution is 1.87. The number of aliphatic hydroxyl groups is 4. The van der Waals surface area contributed by atoms with Gasteiger partial charge in [-0.15, -0.1) is 0 Å². The number of esters is 1. The summed E-state index contributed by atoms with van der Waals surface area (Å²) in [7, 11) is 0. The van der Waals surface area contributed by atoms with Crippen molar-refractivity contribution in [3.63, 3.8) is 0 Å². The molecule has 0 amide bonds. The van der Waals surface area contributed by atoms with Gasteiger partial charge in [0.2, 0.25) is 0 Å². The maximum Gasteiger partial charge on any atom is 0.302 e. The van der Waals surface area contributed by atoms with Gasteiger partial charge in [-0.25, -0.2) is 0 Å². The molecule has 0 heterocycles. The van der Waals surface area contributed by atoms with Gasteiger partial charge in [0, 0.05) is 20.1 Å². The van der Waals surface area contributed by atoms with E-state index >= 15 is 0 Å². The summed E-state index contributed by atoms with van der Waals surface area (Å²) >= 11 is 0. The molecule has 0 rings (SSSR count). The highest BCUT2D eigenvalue weighted by Gasteiger charge is 1.96. The van der Waals surface area contributed by atoms with Crippen molar-refractivity contribution in [2.75, 3.05) is 52.9 Å². The van der Waals surface area contributed by atoms with Gasteiger partial charge >= 0.3 is 5.97 Å². The third-order valence-electron chi connectivity index (χ3n) is 2.29. The SMILES string of the molecule is CCCCOC(C)=O.CCOCCOCCO.OCCC(O)CO. The monoisotopic (exact) mass is 356 g/mol. The molecule has 0 saturated heterocycles. The van der Waals surface area contributed by atoms with E-state index < -0.39 is 6.10 Å². The van der Waals surface area contributed by atoms with Crippen LogP contribution >= 0.6 is 0 Å². The summed E-state index contributed by atoms with van der Waals surface area (Å²) in [6, 6.07) is 0. The van der Waals surface area contributed by atoms with Crippen LogP contribution in [0.2, 0.25) is 0 Å². The third kappa shape index (κ3) is 37.5. The van der Waals surface area contributed by atoms with Gasteiger partial charge in [0.15, 0.2) is 0 Å². The molecule has 0 saturated carbocycles. The molecule has 24 heavy (non-hydrogen) atoms. The number of ether oxygens (including phenoxy) is 3. The molecule has 1 atom stereocenters. The maximum atomic E-state index is 10.1. The second kappa shape index (κ2) is 27.1. The average Bonchev–Trinajstić information content (AvgIpc) is 2.56. The van der Waals surface area contributed by atoms with Crippen LogP contribution in [0, 0.1) is 0 Å². The third-order valence-corrected chi connectivity index (χ3v) is 2.29. The zero-order chi connectivity index (χ0) is 19.1. The van der Waals surface area contributed by atoms with Crippen LogP contribution in [-0.4, -0.2) is 85.4 Å². The summed E-state index contributed by atoms with van der Waals surface area (Å²) in [5.74, 6) is -0.182. The molecule has 8 nitrogen and oxygen atoms in total. The number of rotatable bonds is 12. The van der Waals surface area contributed by atoms with Gasteiger partial charge in [0.1, 0.15) is 0 Å². The Morgan fingerprint density at radius 1 is 0.958 bits per heavy atom. The molecule has 0 aromatic carbocycles. The standard InChI is InChI=1S/C6H14O3.C6H12O2.C4H10O3/c1-2-8-5-6-9-4-3-7;1-3-4-5-8-6(2)7;5-2-1-4(7)3-6/h7H,2-6H2,1H3;3-5H2,1-2H3;4-7H,1-3H2. The van der Waals surface area contributed by atoms with Crippen LogP contribution in [0.4, 0.5) is 0 Å². The first-order chi connectivity index (χ1) is 11.5. The van der Waals surface area contributed by atoms with Gasteiger partial charge in [0.25, 0.3) is 0 Å². The largest absolute Gasteiger partial charge is 0.466 e. The lowest BCUT2D eigenvalue weighted by atomic mass is 10.3. The lowest BCUT2D eigenvalue weighted by Crippen LogP contribution is -2.12. The Labute approximate surface area is 145 Å². The molecule has 0 bridgehead atoms. The molecule has 0 fully saturated rings. The summed E-state index contributed by atoms with van der Waals surface area (Å²) in [6.07, 6.45) is 1.56. The normalized spacial score (nSPS) is 10.8. The quantitative estimate of drug-likeness (QED) is 0.287. The van der Waals surface area contributed by atoms with Gasteiger partial charge < -0.3 is 34.6 Å². The first-order valence-corrected chi connectivity index (χ1v) is 8.29. The number of hydrogen-bond donors (Lipinski definition) is 4. The lowest BCUT2D eigenvalue weighted by Gasteiger charge is -2.00. The Hall–Kier alpha value is -0.770. The Kier molecular flexibility index (Phi) is 31.7. The van der Waals surface area contributed by atoms with Crippen LogP contribution < -0.4 is 0 Å². The molecule has 0 aliphatic heterocycles. The van der Waals surface area contributed by atoms with Crippen LogP contribution in [-0.2, 0) is 19.0 Å². The van der Waals surface area contributed by atoms with E-state index in [9.17, 15) is 4.79 Å². The van der Waals surface area contributed by atoms with E-state index in [4.69, 9.17) is 29.9 Å². The minimum Gasteiger partial charge on any atom is -0.466 e. The number of unbranched alkanes of at least 4 members (excludes halogenated alkanes) is 1. The first-order valence-electron chi connectivity index (χ1n) is 8.29. The zero-order valence-electron chi connectivity index (χ0n) is 15.3. The molecule has 0 aliphatic rings. The summed E-state index contributed by atoms with van der Waals surface area (Å²) < 4.78 is 14.5. The second-order valence-corrected chi connectivity index (χ2v) is 4.58. The lowest BCUT2D eigenvalue weighted by molar-refractivity contribution is -0.141. The molecular weight excluding hydrogens is 320 g/mol. The fraction of sp³-hybridized carbons (Fsp3) is 0.938. The smallest absolute Gasteiger partial charge is 0.302 e. The van der Waals surface area contributed by atoms with E-state index in [0.29, 0.717) is 26.4 Å². The van der Waals surface area contributed by atoms with Crippen molar-refractivity contribution in [3.8, 4) is 0 Å². The maximum absolute atomic E-state index is 10.1. The molecule has 0 aromatic rings. The van der Waals surface area contributed by atoms with E-state index in [-0.39, 0.29) is 32.2 Å². The fourth-order valence-electron chi connectivity index (χ4n) is 1.03. The molecule has 0 aliphatic carbocycles. The molecule has 0 spiro atoms. The van der Waals surface area contributed by atoms with Crippen molar-refractivity contribution in [1.29, 1.82) is 0 Å². The second-order valence-electron chi connectivity index (χ2n) is 4.58. The minimum absolute atomic E-state index is 0.0677. The van der Waals surface area contributed by atoms with Gasteiger partial charge in [-0.2, -0.15) is 0 Å². The van der Waals surface area contributed by atoms with Crippen LogP contribution in [0.15, 0.2) is 0 Å². The molecule has 0 aromatic heterocycles. The first kappa shape index (κ1) is 28.1. The van der Waals surface area contributed by atoms with Crippen molar-refractivity contribution < 1.29 is 39.4 Å². The Bertz CT molecular complexity index is 220. The number of carbonyl (C=O) groups is 1. The molecule has 1 unspecified atom stereocenters. The van der Waals surface area contributed by atoms with E-state index in [1.165, 1.54) is 6.92 Å². The summed E-state index contributed by atoms with van der Waals surface area (Å²) in [6.45, 7) is 8.09. The highest BCUT2D eigenvalue weighted by molar-refractivity contribution is 5.65. The van der Waals surface area contributed by atoms with Crippen molar-refractivity contribution in [2.24, 2.45) is 0 Å².